The van der Waals surface area contributed by atoms with Gasteiger partial charge in [0, 0.05) is 10.8 Å². The molecule has 7 atom stereocenters. The number of ether oxygens (including phenoxy) is 1. The number of nitrogens with one attached hydrogen (secondary N) is 1. The van der Waals surface area contributed by atoms with Gasteiger partial charge in [-0.2, -0.15) is 0 Å². The number of thioether (sulfide) groups is 1. The molecule has 3 heterocycles. The minimum absolute atomic E-state index is 0.0331. The van der Waals surface area contributed by atoms with Crippen LogP contribution in [-0.4, -0.2) is 62.6 Å². The van der Waals surface area contributed by atoms with E-state index in [1.165, 1.54) is 0 Å². The lowest BCUT2D eigenvalue weighted by Gasteiger charge is -2.37. The summed E-state index contributed by atoms with van der Waals surface area (Å²) >= 11 is 1.62. The predicted octanol–water partition coefficient (Wildman–Crippen LogP) is 3.07. The molecule has 2 bridgehead atoms. The van der Waals surface area contributed by atoms with Gasteiger partial charge in [0.25, 0.3) is 0 Å². The molecule has 3 aliphatic heterocycles. The number of carbonyl (C=O) groups is 3. The van der Waals surface area contributed by atoms with Gasteiger partial charge in [-0.15, -0.1) is 11.8 Å². The molecule has 0 radical (unpaired) electrons. The van der Waals surface area contributed by atoms with Gasteiger partial charge in [0.15, 0.2) is 0 Å². The first kappa shape index (κ1) is 25.0. The highest BCUT2D eigenvalue weighted by Crippen LogP contribution is 2.72. The number of esters is 1. The molecule has 0 saturated carbocycles. The zero-order valence-corrected chi connectivity index (χ0v) is 21.3. The van der Waals surface area contributed by atoms with E-state index in [4.69, 9.17) is 4.74 Å². The fourth-order valence-corrected chi connectivity index (χ4v) is 8.78. The predicted molar refractivity (Wildman–Crippen MR) is 131 cm³/mol. The summed E-state index contributed by atoms with van der Waals surface area (Å²) in [4.78, 5) is 42.7. The lowest BCUT2D eigenvalue weighted by molar-refractivity contribution is -0.155. The van der Waals surface area contributed by atoms with Crippen LogP contribution in [0.5, 0.6) is 0 Å². The SMILES string of the molecule is CCCC(C)NC(=O)C1N([C@H](CO)c2ccccc2)C(=O)[C@@H]2[C@H](C(=O)OCC)[C@]3(C)CCC12S3. The number of carbonyl (C=O) groups excluding carboxylic acids is 3. The van der Waals surface area contributed by atoms with Crippen LogP contribution in [-0.2, 0) is 19.1 Å². The molecule has 3 saturated heterocycles. The summed E-state index contributed by atoms with van der Waals surface area (Å²) in [6.07, 6.45) is 3.18. The van der Waals surface area contributed by atoms with E-state index in [9.17, 15) is 19.5 Å². The molecule has 186 valence electrons. The van der Waals surface area contributed by atoms with E-state index in [0.717, 1.165) is 24.8 Å². The van der Waals surface area contributed by atoms with Crippen molar-refractivity contribution in [3.05, 3.63) is 35.9 Å². The number of aliphatic hydroxyl groups is 1. The lowest BCUT2D eigenvalue weighted by atomic mass is 9.66. The van der Waals surface area contributed by atoms with Gasteiger partial charge in [-0.3, -0.25) is 14.4 Å². The number of fused-ring (bicyclic) bond motifs is 1. The molecule has 2 N–H and O–H groups in total. The highest BCUT2D eigenvalue weighted by Gasteiger charge is 2.78. The molecule has 3 unspecified atom stereocenters. The first-order valence-corrected chi connectivity index (χ1v) is 13.2. The van der Waals surface area contributed by atoms with E-state index in [2.05, 4.69) is 12.2 Å². The van der Waals surface area contributed by atoms with Crippen molar-refractivity contribution in [3.8, 4) is 0 Å². The topological polar surface area (TPSA) is 95.9 Å². The Labute approximate surface area is 206 Å². The van der Waals surface area contributed by atoms with Crippen LogP contribution in [0.1, 0.15) is 65.0 Å². The van der Waals surface area contributed by atoms with Gasteiger partial charge in [0.05, 0.1) is 35.8 Å². The molecular weight excluding hydrogens is 452 g/mol. The second-order valence-electron chi connectivity index (χ2n) is 10.0. The molecule has 3 fully saturated rings. The molecule has 34 heavy (non-hydrogen) atoms. The van der Waals surface area contributed by atoms with E-state index in [1.807, 2.05) is 44.2 Å². The first-order chi connectivity index (χ1) is 16.2. The summed E-state index contributed by atoms with van der Waals surface area (Å²) < 4.78 is 4.25. The quantitative estimate of drug-likeness (QED) is 0.519. The normalized spacial score (nSPS) is 33.5. The number of hydrogen-bond donors (Lipinski definition) is 2. The maximum absolute atomic E-state index is 14.1. The minimum atomic E-state index is -0.770. The minimum Gasteiger partial charge on any atom is -0.466 e. The zero-order valence-electron chi connectivity index (χ0n) is 20.5. The van der Waals surface area contributed by atoms with Crippen LogP contribution in [0.15, 0.2) is 30.3 Å². The molecule has 2 amide bonds. The summed E-state index contributed by atoms with van der Waals surface area (Å²) in [5.74, 6) is -2.06. The number of aliphatic hydroxyl groups excluding tert-OH is 1. The summed E-state index contributed by atoms with van der Waals surface area (Å²) in [7, 11) is 0. The van der Waals surface area contributed by atoms with Crippen molar-refractivity contribution in [2.75, 3.05) is 13.2 Å². The first-order valence-electron chi connectivity index (χ1n) is 12.4. The van der Waals surface area contributed by atoms with Crippen molar-refractivity contribution in [3.63, 3.8) is 0 Å². The molecule has 0 aliphatic carbocycles. The van der Waals surface area contributed by atoms with Crippen LogP contribution in [0, 0.1) is 11.8 Å². The van der Waals surface area contributed by atoms with Crippen LogP contribution in [0.25, 0.3) is 0 Å². The van der Waals surface area contributed by atoms with Crippen molar-refractivity contribution in [1.29, 1.82) is 0 Å². The van der Waals surface area contributed by atoms with Gasteiger partial charge in [-0.1, -0.05) is 43.7 Å². The Morgan fingerprint density at radius 2 is 1.97 bits per heavy atom. The highest BCUT2D eigenvalue weighted by molar-refractivity contribution is 8.02. The van der Waals surface area contributed by atoms with Crippen LogP contribution in [0.3, 0.4) is 0 Å². The van der Waals surface area contributed by atoms with Crippen molar-refractivity contribution in [2.24, 2.45) is 11.8 Å². The summed E-state index contributed by atoms with van der Waals surface area (Å²) in [5, 5.41) is 13.6. The fraction of sp³-hybridized carbons (Fsp3) is 0.654. The molecule has 1 aromatic carbocycles. The Hall–Kier alpha value is -2.06. The van der Waals surface area contributed by atoms with E-state index >= 15 is 0 Å². The van der Waals surface area contributed by atoms with E-state index in [-0.39, 0.29) is 37.0 Å². The monoisotopic (exact) mass is 488 g/mol. The molecule has 1 spiro atoms. The molecule has 4 rings (SSSR count). The van der Waals surface area contributed by atoms with Gasteiger partial charge in [0.1, 0.15) is 6.04 Å². The van der Waals surface area contributed by atoms with Crippen LogP contribution < -0.4 is 5.32 Å². The molecule has 8 heteroatoms. The molecule has 0 aromatic heterocycles. The summed E-state index contributed by atoms with van der Waals surface area (Å²) in [6, 6.07) is 7.86. The Morgan fingerprint density at radius 1 is 1.26 bits per heavy atom. The number of likely N-dealkylation sites (tertiary alicyclic amines) is 1. The Morgan fingerprint density at radius 3 is 2.59 bits per heavy atom. The third-order valence-electron chi connectivity index (χ3n) is 7.81. The highest BCUT2D eigenvalue weighted by atomic mass is 32.2. The van der Waals surface area contributed by atoms with Crippen LogP contribution >= 0.6 is 11.8 Å². The Bertz CT molecular complexity index is 942. The number of nitrogens with zero attached hydrogens (tertiary/aromatic N) is 1. The molecular formula is C26H36N2O5S. The third kappa shape index (κ3) is 3.83. The number of amides is 2. The average molecular weight is 489 g/mol. The zero-order chi connectivity index (χ0) is 24.7. The average Bonchev–Trinajstić information content (AvgIpc) is 3.36. The van der Waals surface area contributed by atoms with Gasteiger partial charge >= 0.3 is 5.97 Å². The Balaban J connectivity index is 1.80. The fourth-order valence-electron chi connectivity index (χ4n) is 6.45. The number of benzene rings is 1. The summed E-state index contributed by atoms with van der Waals surface area (Å²) in [6.45, 7) is 7.77. The van der Waals surface area contributed by atoms with Crippen molar-refractivity contribution in [2.45, 2.75) is 81.0 Å². The van der Waals surface area contributed by atoms with Crippen molar-refractivity contribution in [1.82, 2.24) is 10.2 Å². The van der Waals surface area contributed by atoms with E-state index < -0.39 is 33.4 Å². The second kappa shape index (κ2) is 9.53. The van der Waals surface area contributed by atoms with Crippen molar-refractivity contribution >= 4 is 29.5 Å². The largest absolute Gasteiger partial charge is 0.466 e. The maximum atomic E-state index is 14.1. The van der Waals surface area contributed by atoms with Gasteiger partial charge in [-0.05, 0) is 45.6 Å². The van der Waals surface area contributed by atoms with Crippen LogP contribution in [0.4, 0.5) is 0 Å². The van der Waals surface area contributed by atoms with Gasteiger partial charge in [-0.25, -0.2) is 0 Å². The van der Waals surface area contributed by atoms with E-state index in [0.29, 0.717) is 6.42 Å². The lowest BCUT2D eigenvalue weighted by Crippen LogP contribution is -2.55. The summed E-state index contributed by atoms with van der Waals surface area (Å²) in [5.41, 5.74) is 0.771. The molecule has 1 aromatic rings. The second-order valence-corrected chi connectivity index (χ2v) is 11.9. The number of hydrogen-bond acceptors (Lipinski definition) is 6. The molecule has 3 aliphatic rings. The van der Waals surface area contributed by atoms with Gasteiger partial charge < -0.3 is 20.1 Å². The van der Waals surface area contributed by atoms with Crippen LogP contribution in [0.2, 0.25) is 0 Å². The standard InChI is InChI=1S/C26H36N2O5S/c1-5-10-16(3)27-22(30)21-26-14-13-25(4,34-26)20(24(32)33-6-2)19(26)23(31)28(21)18(15-29)17-11-8-7-9-12-17/h7-9,11-12,16,18-21,29H,5-6,10,13-15H2,1-4H3,(H,27,30)/t16?,18-,19+,20-,21?,25+,26?/m1/s1. The third-order valence-corrected chi connectivity index (χ3v) is 9.79. The van der Waals surface area contributed by atoms with Crippen molar-refractivity contribution < 1.29 is 24.2 Å². The van der Waals surface area contributed by atoms with E-state index in [1.54, 1.807) is 23.6 Å². The Kier molecular flexibility index (Phi) is 7.02. The number of rotatable bonds is 9. The maximum Gasteiger partial charge on any atom is 0.311 e. The van der Waals surface area contributed by atoms with Gasteiger partial charge in [0.2, 0.25) is 11.8 Å². The molecule has 7 nitrogen and oxygen atoms in total. The smallest absolute Gasteiger partial charge is 0.311 e.